The smallest absolute Gasteiger partial charge is 0.404 e. The van der Waals surface area contributed by atoms with Gasteiger partial charge in [-0.3, -0.25) is 9.63 Å². The average molecular weight is 366 g/mol. The van der Waals surface area contributed by atoms with Crippen molar-refractivity contribution in [3.05, 3.63) is 21.4 Å². The summed E-state index contributed by atoms with van der Waals surface area (Å²) in [6.45, 7) is 4.76. The third kappa shape index (κ3) is 5.04. The fourth-order valence-electron chi connectivity index (χ4n) is 2.33. The van der Waals surface area contributed by atoms with Crippen molar-refractivity contribution in [3.8, 4) is 0 Å². The zero-order valence-corrected chi connectivity index (χ0v) is 15.1. The third-order valence-corrected chi connectivity index (χ3v) is 4.35. The molecule has 2 rings (SSSR count). The van der Waals surface area contributed by atoms with E-state index in [0.717, 1.165) is 16.2 Å². The minimum Gasteiger partial charge on any atom is -0.444 e. The van der Waals surface area contributed by atoms with E-state index >= 15 is 0 Å². The van der Waals surface area contributed by atoms with Gasteiger partial charge in [0.1, 0.15) is 12.4 Å². The topological polar surface area (TPSA) is 120 Å². The zero-order chi connectivity index (χ0) is 18.4. The third-order valence-electron chi connectivity index (χ3n) is 3.30. The van der Waals surface area contributed by atoms with Crippen LogP contribution < -0.4 is 11.5 Å². The van der Waals surface area contributed by atoms with Crippen LogP contribution in [0.15, 0.2) is 16.6 Å². The number of amides is 2. The number of carbonyl (C=O) groups is 2. The van der Waals surface area contributed by atoms with Crippen LogP contribution in [0.1, 0.15) is 36.4 Å². The summed E-state index contributed by atoms with van der Waals surface area (Å²) in [4.78, 5) is 34.8. The number of thiophene rings is 1. The molecule has 0 unspecified atom stereocenters. The Kier molecular flexibility index (Phi) is 6.54. The lowest BCUT2D eigenvalue weighted by Gasteiger charge is -2.21. The van der Waals surface area contributed by atoms with Crippen molar-refractivity contribution in [3.63, 3.8) is 0 Å². The molecule has 0 radical (unpaired) electrons. The highest BCUT2D eigenvalue weighted by molar-refractivity contribution is 7.13. The highest BCUT2D eigenvalue weighted by atomic mass is 32.1. The van der Waals surface area contributed by atoms with E-state index in [9.17, 15) is 9.59 Å². The number of nitrogens with zero attached hydrogens (tertiary/aromatic N) is 2. The van der Waals surface area contributed by atoms with Crippen LogP contribution in [0.4, 0.5) is 10.5 Å². The van der Waals surface area contributed by atoms with Gasteiger partial charge in [0.05, 0.1) is 17.2 Å². The largest absolute Gasteiger partial charge is 0.444 e. The molecular weight excluding hydrogens is 344 g/mol. The monoisotopic (exact) mass is 366 g/mol. The molecule has 4 N–H and O–H groups in total. The van der Waals surface area contributed by atoms with Crippen molar-refractivity contribution in [1.29, 1.82) is 0 Å². The van der Waals surface area contributed by atoms with E-state index in [4.69, 9.17) is 21.0 Å². The molecule has 8 nitrogen and oxygen atoms in total. The van der Waals surface area contributed by atoms with Gasteiger partial charge in [-0.2, -0.15) is 0 Å². The van der Waals surface area contributed by atoms with Crippen molar-refractivity contribution in [1.82, 2.24) is 5.06 Å². The Bertz CT molecular complexity index is 705. The number of hydrogen-bond donors (Lipinski definition) is 2. The second kappa shape index (κ2) is 8.63. The van der Waals surface area contributed by atoms with E-state index in [2.05, 4.69) is 4.99 Å². The molecule has 0 bridgehead atoms. The number of hydroxylamine groups is 2. The number of ether oxygens (including phenoxy) is 1. The molecule has 9 heteroatoms. The fourth-order valence-corrected chi connectivity index (χ4v) is 3.31. The maximum Gasteiger partial charge on any atom is 0.404 e. The van der Waals surface area contributed by atoms with Crippen molar-refractivity contribution in [2.45, 2.75) is 33.3 Å². The van der Waals surface area contributed by atoms with Gasteiger partial charge in [0.15, 0.2) is 0 Å². The van der Waals surface area contributed by atoms with E-state index < -0.39 is 6.09 Å². The molecule has 25 heavy (non-hydrogen) atoms. The quantitative estimate of drug-likeness (QED) is 0.717. The molecule has 1 aromatic heterocycles. The lowest BCUT2D eigenvalue weighted by molar-refractivity contribution is -0.180. The predicted molar refractivity (Wildman–Crippen MR) is 96.2 cm³/mol. The van der Waals surface area contributed by atoms with Crippen molar-refractivity contribution in [2.24, 2.45) is 16.5 Å². The van der Waals surface area contributed by atoms with Crippen molar-refractivity contribution >= 4 is 40.9 Å². The molecule has 0 saturated carbocycles. The van der Waals surface area contributed by atoms with Crippen LogP contribution in [0.3, 0.4) is 0 Å². The molecule has 136 valence electrons. The minimum atomic E-state index is -0.843. The summed E-state index contributed by atoms with van der Waals surface area (Å²) in [6, 6.07) is 1.77. The lowest BCUT2D eigenvalue weighted by Crippen LogP contribution is -2.34. The molecular formula is C16H22N4O4S. The Morgan fingerprint density at radius 3 is 2.80 bits per heavy atom. The summed E-state index contributed by atoms with van der Waals surface area (Å²) in [5.74, 6) is 0.115. The number of aliphatic imine (C=N–C) groups is 1. The number of primary amides is 1. The first-order valence-electron chi connectivity index (χ1n) is 7.97. The molecule has 0 aromatic carbocycles. The van der Waals surface area contributed by atoms with Crippen LogP contribution in [0, 0.1) is 0 Å². The Labute approximate surface area is 150 Å². The van der Waals surface area contributed by atoms with Gasteiger partial charge >= 0.3 is 6.09 Å². The van der Waals surface area contributed by atoms with E-state index in [1.807, 2.05) is 13.8 Å². The Morgan fingerprint density at radius 2 is 2.16 bits per heavy atom. The van der Waals surface area contributed by atoms with Gasteiger partial charge < -0.3 is 16.2 Å². The number of nitrogens with two attached hydrogens (primary N) is 2. The normalized spacial score (nSPS) is 13.4. The van der Waals surface area contributed by atoms with Crippen LogP contribution in [-0.4, -0.2) is 36.1 Å². The number of carbonyl (C=O) groups excluding carboxylic acids is 2. The second-order valence-electron chi connectivity index (χ2n) is 5.34. The van der Waals surface area contributed by atoms with Crippen molar-refractivity contribution in [2.75, 3.05) is 13.2 Å². The summed E-state index contributed by atoms with van der Waals surface area (Å²) in [5.41, 5.74) is 12.1. The highest BCUT2D eigenvalue weighted by Crippen LogP contribution is 2.35. The van der Waals surface area contributed by atoms with Gasteiger partial charge in [0.2, 0.25) is 0 Å². The summed E-state index contributed by atoms with van der Waals surface area (Å²) in [5, 5.41) is 1.36. The SMILES string of the molecule is CCCN(OCC)C(=O)C1=Cc2sc(COC(N)=O)cc2N=C(N)C1. The Morgan fingerprint density at radius 1 is 1.40 bits per heavy atom. The first-order chi connectivity index (χ1) is 11.9. The van der Waals surface area contributed by atoms with Gasteiger partial charge in [0.25, 0.3) is 5.91 Å². The maximum absolute atomic E-state index is 12.7. The fraction of sp³-hybridized carbons (Fsp3) is 0.438. The number of hydrogen-bond acceptors (Lipinski definition) is 7. The first kappa shape index (κ1) is 18.9. The number of rotatable bonds is 7. The maximum atomic E-state index is 12.7. The predicted octanol–water partition coefficient (Wildman–Crippen LogP) is 2.31. The minimum absolute atomic E-state index is 0.0560. The molecule has 2 heterocycles. The van der Waals surface area contributed by atoms with Gasteiger partial charge in [-0.15, -0.1) is 11.3 Å². The van der Waals surface area contributed by atoms with Crippen LogP contribution in [0.5, 0.6) is 0 Å². The van der Waals surface area contributed by atoms with Crippen LogP contribution >= 0.6 is 11.3 Å². The lowest BCUT2D eigenvalue weighted by atomic mass is 10.1. The molecule has 1 aliphatic rings. The number of amidine groups is 1. The van der Waals surface area contributed by atoms with Gasteiger partial charge in [-0.1, -0.05) is 6.92 Å². The van der Waals surface area contributed by atoms with E-state index in [0.29, 0.717) is 30.2 Å². The van der Waals surface area contributed by atoms with E-state index in [1.54, 1.807) is 12.1 Å². The Balaban J connectivity index is 2.28. The van der Waals surface area contributed by atoms with Crippen LogP contribution in [0.25, 0.3) is 6.08 Å². The standard InChI is InChI=1S/C16H22N4O4S/c1-3-5-20(24-4-2)15(21)10-6-13-12(19-14(17)7-10)8-11(25-13)9-23-16(18)22/h6,8H,3-5,7,9H2,1-2H3,(H2,17,19)(H2,18,22). The van der Waals surface area contributed by atoms with E-state index in [-0.39, 0.29) is 18.9 Å². The first-order valence-corrected chi connectivity index (χ1v) is 8.79. The molecule has 1 aromatic rings. The zero-order valence-electron chi connectivity index (χ0n) is 14.3. The van der Waals surface area contributed by atoms with Gasteiger partial charge in [-0.25, -0.2) is 14.9 Å². The Hall–Kier alpha value is -2.39. The summed E-state index contributed by atoms with van der Waals surface area (Å²) < 4.78 is 4.79. The summed E-state index contributed by atoms with van der Waals surface area (Å²) in [6.07, 6.45) is 1.95. The van der Waals surface area contributed by atoms with E-state index in [1.165, 1.54) is 16.4 Å². The van der Waals surface area contributed by atoms with Gasteiger partial charge in [0, 0.05) is 23.4 Å². The average Bonchev–Trinajstić information content (AvgIpc) is 2.85. The van der Waals surface area contributed by atoms with Crippen LogP contribution in [-0.2, 0) is 21.0 Å². The molecule has 0 saturated heterocycles. The molecule has 2 amide bonds. The molecule has 1 aliphatic heterocycles. The van der Waals surface area contributed by atoms with Crippen molar-refractivity contribution < 1.29 is 19.2 Å². The second-order valence-corrected chi connectivity index (χ2v) is 6.51. The molecule has 0 spiro atoms. The highest BCUT2D eigenvalue weighted by Gasteiger charge is 2.23. The molecule has 0 aliphatic carbocycles. The number of fused-ring (bicyclic) bond motifs is 1. The summed E-state index contributed by atoms with van der Waals surface area (Å²) in [7, 11) is 0. The molecule has 0 fully saturated rings. The van der Waals surface area contributed by atoms with Crippen LogP contribution in [0.2, 0.25) is 0 Å². The summed E-state index contributed by atoms with van der Waals surface area (Å²) >= 11 is 1.37. The molecule has 0 atom stereocenters. The van der Waals surface area contributed by atoms with Gasteiger partial charge in [-0.05, 0) is 25.5 Å².